The molecular weight excluding hydrogens is 354 g/mol. The molecule has 0 spiro atoms. The fraction of sp³-hybridized carbons (Fsp3) is 0.300. The van der Waals surface area contributed by atoms with Gasteiger partial charge in [-0.25, -0.2) is 4.79 Å². The maximum absolute atomic E-state index is 11.9. The number of anilines is 1. The maximum Gasteiger partial charge on any atom is 0.344 e. The van der Waals surface area contributed by atoms with Gasteiger partial charge in [0.25, 0.3) is 5.91 Å². The van der Waals surface area contributed by atoms with Gasteiger partial charge < -0.3 is 14.8 Å². The van der Waals surface area contributed by atoms with Gasteiger partial charge in [0.05, 0.1) is 0 Å². The molecular formula is C20H22ClNO4. The molecule has 0 aromatic heterocycles. The standard InChI is InChI=1S/C20H22ClNO4/c1-12-7-14(3)20(15(4)8-12)26-11-19(24)25-10-18(23)22-17-9-16(21)6-5-13(17)2/h5-9H,10-11H2,1-4H3,(H,22,23). The lowest BCUT2D eigenvalue weighted by Crippen LogP contribution is -2.24. The summed E-state index contributed by atoms with van der Waals surface area (Å²) in [6.07, 6.45) is 0. The van der Waals surface area contributed by atoms with E-state index >= 15 is 0 Å². The normalized spacial score (nSPS) is 10.3. The maximum atomic E-state index is 11.9. The van der Waals surface area contributed by atoms with Gasteiger partial charge in [-0.2, -0.15) is 0 Å². The molecule has 138 valence electrons. The van der Waals surface area contributed by atoms with E-state index in [1.165, 1.54) is 0 Å². The van der Waals surface area contributed by atoms with Crippen LogP contribution in [-0.2, 0) is 14.3 Å². The molecule has 0 unspecified atom stereocenters. The van der Waals surface area contributed by atoms with E-state index in [0.717, 1.165) is 22.3 Å². The van der Waals surface area contributed by atoms with Gasteiger partial charge in [0.1, 0.15) is 5.75 Å². The Kier molecular flexibility index (Phi) is 6.64. The predicted octanol–water partition coefficient (Wildman–Crippen LogP) is 4.13. The first-order chi connectivity index (χ1) is 12.3. The number of halogens is 1. The molecule has 0 saturated heterocycles. The first-order valence-electron chi connectivity index (χ1n) is 8.18. The second-order valence-corrected chi connectivity index (χ2v) is 6.62. The predicted molar refractivity (Wildman–Crippen MR) is 102 cm³/mol. The molecule has 0 radical (unpaired) electrons. The van der Waals surface area contributed by atoms with Gasteiger partial charge >= 0.3 is 5.97 Å². The fourth-order valence-electron chi connectivity index (χ4n) is 2.63. The molecule has 0 aliphatic heterocycles. The minimum Gasteiger partial charge on any atom is -0.481 e. The number of esters is 1. The number of rotatable bonds is 6. The van der Waals surface area contributed by atoms with Crippen molar-refractivity contribution in [2.24, 2.45) is 0 Å². The van der Waals surface area contributed by atoms with E-state index < -0.39 is 11.9 Å². The zero-order valence-corrected chi connectivity index (χ0v) is 16.1. The second kappa shape index (κ2) is 8.72. The third kappa shape index (κ3) is 5.49. The van der Waals surface area contributed by atoms with Crippen molar-refractivity contribution in [1.82, 2.24) is 0 Å². The van der Waals surface area contributed by atoms with Crippen LogP contribution in [0.2, 0.25) is 5.02 Å². The molecule has 0 heterocycles. The Balaban J connectivity index is 1.83. The van der Waals surface area contributed by atoms with E-state index in [1.807, 2.05) is 39.8 Å². The second-order valence-electron chi connectivity index (χ2n) is 6.18. The average Bonchev–Trinajstić information content (AvgIpc) is 2.55. The molecule has 0 saturated carbocycles. The molecule has 0 bridgehead atoms. The molecule has 0 aliphatic carbocycles. The monoisotopic (exact) mass is 375 g/mol. The molecule has 2 aromatic carbocycles. The van der Waals surface area contributed by atoms with Crippen LogP contribution in [0.25, 0.3) is 0 Å². The van der Waals surface area contributed by atoms with Crippen molar-refractivity contribution in [3.63, 3.8) is 0 Å². The van der Waals surface area contributed by atoms with Crippen molar-refractivity contribution >= 4 is 29.2 Å². The Morgan fingerprint density at radius 2 is 1.62 bits per heavy atom. The number of hydrogen-bond acceptors (Lipinski definition) is 4. The lowest BCUT2D eigenvalue weighted by Gasteiger charge is -2.13. The first kappa shape index (κ1) is 19.8. The van der Waals surface area contributed by atoms with Gasteiger partial charge in [-0.1, -0.05) is 35.4 Å². The van der Waals surface area contributed by atoms with Gasteiger partial charge in [0.2, 0.25) is 0 Å². The van der Waals surface area contributed by atoms with E-state index in [2.05, 4.69) is 5.32 Å². The highest BCUT2D eigenvalue weighted by atomic mass is 35.5. The zero-order chi connectivity index (χ0) is 19.3. The summed E-state index contributed by atoms with van der Waals surface area (Å²) in [7, 11) is 0. The Labute approximate surface area is 158 Å². The van der Waals surface area contributed by atoms with Crippen LogP contribution in [-0.4, -0.2) is 25.1 Å². The molecule has 0 fully saturated rings. The summed E-state index contributed by atoms with van der Waals surface area (Å²) in [4.78, 5) is 23.8. The average molecular weight is 376 g/mol. The highest BCUT2D eigenvalue weighted by Crippen LogP contribution is 2.24. The van der Waals surface area contributed by atoms with E-state index in [1.54, 1.807) is 18.2 Å². The highest BCUT2D eigenvalue weighted by Gasteiger charge is 2.12. The van der Waals surface area contributed by atoms with Crippen molar-refractivity contribution < 1.29 is 19.1 Å². The van der Waals surface area contributed by atoms with Crippen molar-refractivity contribution in [1.29, 1.82) is 0 Å². The van der Waals surface area contributed by atoms with Crippen LogP contribution in [0.1, 0.15) is 22.3 Å². The zero-order valence-electron chi connectivity index (χ0n) is 15.3. The van der Waals surface area contributed by atoms with E-state index in [9.17, 15) is 9.59 Å². The number of ether oxygens (including phenoxy) is 2. The van der Waals surface area contributed by atoms with E-state index in [-0.39, 0.29) is 13.2 Å². The van der Waals surface area contributed by atoms with Crippen LogP contribution >= 0.6 is 11.6 Å². The molecule has 1 amide bonds. The summed E-state index contributed by atoms with van der Waals surface area (Å²) in [5.41, 5.74) is 4.47. The topological polar surface area (TPSA) is 64.6 Å². The lowest BCUT2D eigenvalue weighted by atomic mass is 10.1. The molecule has 2 rings (SSSR count). The minimum atomic E-state index is -0.609. The number of carbonyl (C=O) groups is 2. The summed E-state index contributed by atoms with van der Waals surface area (Å²) in [5, 5.41) is 3.18. The van der Waals surface area contributed by atoms with Gasteiger partial charge in [-0.3, -0.25) is 4.79 Å². The van der Waals surface area contributed by atoms with Gasteiger partial charge in [-0.15, -0.1) is 0 Å². The number of amides is 1. The van der Waals surface area contributed by atoms with Crippen molar-refractivity contribution in [3.8, 4) is 5.75 Å². The molecule has 26 heavy (non-hydrogen) atoms. The van der Waals surface area contributed by atoms with Crippen LogP contribution in [0, 0.1) is 27.7 Å². The highest BCUT2D eigenvalue weighted by molar-refractivity contribution is 6.31. The third-order valence-electron chi connectivity index (χ3n) is 3.78. The Morgan fingerprint density at radius 3 is 2.27 bits per heavy atom. The molecule has 1 N–H and O–H groups in total. The van der Waals surface area contributed by atoms with Crippen LogP contribution in [0.15, 0.2) is 30.3 Å². The van der Waals surface area contributed by atoms with Gasteiger partial charge in [-0.05, 0) is 56.5 Å². The van der Waals surface area contributed by atoms with Gasteiger partial charge in [0, 0.05) is 10.7 Å². The Hall–Kier alpha value is -2.53. The van der Waals surface area contributed by atoms with Crippen LogP contribution < -0.4 is 10.1 Å². The van der Waals surface area contributed by atoms with Gasteiger partial charge in [0.15, 0.2) is 13.2 Å². The molecule has 6 heteroatoms. The van der Waals surface area contributed by atoms with Crippen molar-refractivity contribution in [2.75, 3.05) is 18.5 Å². The molecule has 0 atom stereocenters. The lowest BCUT2D eigenvalue weighted by molar-refractivity contribution is -0.149. The number of benzene rings is 2. The van der Waals surface area contributed by atoms with Crippen LogP contribution in [0.3, 0.4) is 0 Å². The number of carbonyl (C=O) groups excluding carboxylic acids is 2. The summed E-state index contributed by atoms with van der Waals surface area (Å²) in [6, 6.07) is 9.13. The largest absolute Gasteiger partial charge is 0.481 e. The molecule has 0 aliphatic rings. The molecule has 2 aromatic rings. The minimum absolute atomic E-state index is 0.256. The number of aryl methyl sites for hydroxylation is 4. The Bertz CT molecular complexity index is 810. The Morgan fingerprint density at radius 1 is 0.962 bits per heavy atom. The van der Waals surface area contributed by atoms with Crippen molar-refractivity contribution in [3.05, 3.63) is 57.6 Å². The molecule has 5 nitrogen and oxygen atoms in total. The number of nitrogens with one attached hydrogen (secondary N) is 1. The third-order valence-corrected chi connectivity index (χ3v) is 4.01. The quantitative estimate of drug-likeness (QED) is 0.771. The summed E-state index contributed by atoms with van der Waals surface area (Å²) in [5.74, 6) is -0.389. The summed E-state index contributed by atoms with van der Waals surface area (Å²) in [6.45, 7) is 7.04. The first-order valence-corrected chi connectivity index (χ1v) is 8.56. The van der Waals surface area contributed by atoms with Crippen LogP contribution in [0.4, 0.5) is 5.69 Å². The fourth-order valence-corrected chi connectivity index (χ4v) is 2.80. The number of hydrogen-bond donors (Lipinski definition) is 1. The SMILES string of the molecule is Cc1cc(C)c(OCC(=O)OCC(=O)Nc2cc(Cl)ccc2C)c(C)c1. The summed E-state index contributed by atoms with van der Waals surface area (Å²) >= 11 is 5.91. The van der Waals surface area contributed by atoms with Crippen molar-refractivity contribution in [2.45, 2.75) is 27.7 Å². The summed E-state index contributed by atoms with van der Waals surface area (Å²) < 4.78 is 10.5. The smallest absolute Gasteiger partial charge is 0.344 e. The van der Waals surface area contributed by atoms with Crippen LogP contribution in [0.5, 0.6) is 5.75 Å². The van der Waals surface area contributed by atoms with E-state index in [0.29, 0.717) is 16.5 Å². The van der Waals surface area contributed by atoms with E-state index in [4.69, 9.17) is 21.1 Å².